The van der Waals surface area contributed by atoms with Gasteiger partial charge in [-0.05, 0) is 19.1 Å². The normalized spacial score (nSPS) is 9.31. The summed E-state index contributed by atoms with van der Waals surface area (Å²) in [6, 6.07) is 9.52. The molecule has 80 valence electrons. The quantitative estimate of drug-likeness (QED) is 0.734. The van der Waals surface area contributed by atoms with Crippen molar-refractivity contribution in [2.45, 2.75) is 6.92 Å². The van der Waals surface area contributed by atoms with Crippen molar-refractivity contribution in [2.24, 2.45) is 0 Å². The highest BCUT2D eigenvalue weighted by molar-refractivity contribution is 5.51. The minimum Gasteiger partial charge on any atom is -0.436 e. The number of aromatic nitrogens is 2. The molecule has 0 radical (unpaired) electrons. The predicted octanol–water partition coefficient (Wildman–Crippen LogP) is 2.14. The van der Waals surface area contributed by atoms with Crippen molar-refractivity contribution in [3.05, 3.63) is 30.3 Å². The van der Waals surface area contributed by atoms with Crippen LogP contribution in [0, 0.1) is 11.8 Å². The van der Waals surface area contributed by atoms with Gasteiger partial charge < -0.3 is 9.15 Å². The third kappa shape index (κ3) is 2.39. The molecule has 0 atom stereocenters. The SMILES string of the molecule is CC#CCOc1nnc(-c2ccccc2)o1. The Hall–Kier alpha value is -2.28. The van der Waals surface area contributed by atoms with Crippen molar-refractivity contribution in [2.75, 3.05) is 6.61 Å². The molecule has 2 rings (SSSR count). The minimum absolute atomic E-state index is 0.140. The Morgan fingerprint density at radius 2 is 2.06 bits per heavy atom. The molecule has 0 spiro atoms. The molecule has 0 aliphatic rings. The number of rotatable bonds is 3. The van der Waals surface area contributed by atoms with Gasteiger partial charge in [-0.3, -0.25) is 0 Å². The van der Waals surface area contributed by atoms with Gasteiger partial charge in [0.15, 0.2) is 6.61 Å². The van der Waals surface area contributed by atoms with E-state index in [9.17, 15) is 0 Å². The highest BCUT2D eigenvalue weighted by atomic mass is 16.6. The van der Waals surface area contributed by atoms with E-state index in [1.807, 2.05) is 30.3 Å². The van der Waals surface area contributed by atoms with Crippen molar-refractivity contribution in [3.8, 4) is 29.4 Å². The molecular weight excluding hydrogens is 204 g/mol. The van der Waals surface area contributed by atoms with Gasteiger partial charge in [-0.2, -0.15) is 0 Å². The van der Waals surface area contributed by atoms with Crippen molar-refractivity contribution >= 4 is 0 Å². The largest absolute Gasteiger partial charge is 0.436 e. The van der Waals surface area contributed by atoms with E-state index in [-0.39, 0.29) is 12.7 Å². The first-order valence-electron chi connectivity index (χ1n) is 4.81. The Morgan fingerprint density at radius 3 is 2.81 bits per heavy atom. The van der Waals surface area contributed by atoms with E-state index in [0.717, 1.165) is 5.56 Å². The molecule has 0 aliphatic heterocycles. The van der Waals surface area contributed by atoms with Gasteiger partial charge in [0.1, 0.15) is 0 Å². The smallest absolute Gasteiger partial charge is 0.415 e. The van der Waals surface area contributed by atoms with E-state index < -0.39 is 0 Å². The molecule has 1 aromatic heterocycles. The highest BCUT2D eigenvalue weighted by Crippen LogP contribution is 2.19. The third-order valence-corrected chi connectivity index (χ3v) is 1.87. The second kappa shape index (κ2) is 4.99. The zero-order valence-electron chi connectivity index (χ0n) is 8.80. The lowest BCUT2D eigenvalue weighted by Gasteiger charge is -1.93. The van der Waals surface area contributed by atoms with Crippen LogP contribution in [0.15, 0.2) is 34.7 Å². The van der Waals surface area contributed by atoms with Crippen molar-refractivity contribution < 1.29 is 9.15 Å². The summed E-state index contributed by atoms with van der Waals surface area (Å²) < 4.78 is 10.4. The number of hydrogen-bond donors (Lipinski definition) is 0. The van der Waals surface area contributed by atoms with Gasteiger partial charge >= 0.3 is 6.08 Å². The van der Waals surface area contributed by atoms with Crippen LogP contribution >= 0.6 is 0 Å². The van der Waals surface area contributed by atoms with E-state index in [1.54, 1.807) is 6.92 Å². The van der Waals surface area contributed by atoms with Crippen LogP contribution in [-0.4, -0.2) is 16.8 Å². The summed E-state index contributed by atoms with van der Waals surface area (Å²) in [5, 5.41) is 7.63. The Bertz CT molecular complexity index is 509. The van der Waals surface area contributed by atoms with E-state index in [1.165, 1.54) is 0 Å². The van der Waals surface area contributed by atoms with Crippen LogP contribution in [0.1, 0.15) is 6.92 Å². The molecular formula is C12H10N2O2. The Kier molecular flexibility index (Phi) is 3.19. The Balaban J connectivity index is 2.10. The van der Waals surface area contributed by atoms with Crippen LogP contribution in [0.5, 0.6) is 6.08 Å². The molecule has 1 aromatic carbocycles. The maximum atomic E-state index is 5.30. The molecule has 2 aromatic rings. The van der Waals surface area contributed by atoms with Gasteiger partial charge in [-0.1, -0.05) is 29.2 Å². The average molecular weight is 214 g/mol. The molecule has 0 N–H and O–H groups in total. The zero-order chi connectivity index (χ0) is 11.2. The van der Waals surface area contributed by atoms with Crippen LogP contribution in [0.25, 0.3) is 11.5 Å². The maximum absolute atomic E-state index is 5.30. The first-order chi connectivity index (χ1) is 7.90. The van der Waals surface area contributed by atoms with Gasteiger partial charge in [-0.15, -0.1) is 11.0 Å². The number of benzene rings is 1. The molecule has 1 heterocycles. The van der Waals surface area contributed by atoms with Gasteiger partial charge in [0, 0.05) is 5.56 Å². The fraction of sp³-hybridized carbons (Fsp3) is 0.167. The molecule has 0 saturated carbocycles. The lowest BCUT2D eigenvalue weighted by molar-refractivity contribution is 0.265. The van der Waals surface area contributed by atoms with E-state index in [2.05, 4.69) is 22.0 Å². The average Bonchev–Trinajstić information content (AvgIpc) is 2.79. The van der Waals surface area contributed by atoms with Gasteiger partial charge in [0.25, 0.3) is 5.89 Å². The fourth-order valence-corrected chi connectivity index (χ4v) is 1.14. The summed E-state index contributed by atoms with van der Waals surface area (Å²) in [6.07, 6.45) is 0.140. The topological polar surface area (TPSA) is 48.2 Å². The van der Waals surface area contributed by atoms with Crippen LogP contribution in [-0.2, 0) is 0 Å². The standard InChI is InChI=1S/C12H10N2O2/c1-2-3-9-15-12-14-13-11(16-12)10-7-5-4-6-8-10/h4-8H,9H2,1H3. The highest BCUT2D eigenvalue weighted by Gasteiger charge is 2.07. The van der Waals surface area contributed by atoms with Crippen LogP contribution < -0.4 is 4.74 Å². The van der Waals surface area contributed by atoms with Gasteiger partial charge in [0.05, 0.1) is 0 Å². The molecule has 4 nitrogen and oxygen atoms in total. The Labute approximate surface area is 93.3 Å². The second-order valence-electron chi connectivity index (χ2n) is 2.95. The van der Waals surface area contributed by atoms with Crippen molar-refractivity contribution in [3.63, 3.8) is 0 Å². The minimum atomic E-state index is 0.140. The zero-order valence-corrected chi connectivity index (χ0v) is 8.80. The van der Waals surface area contributed by atoms with Gasteiger partial charge in [-0.25, -0.2) is 0 Å². The fourth-order valence-electron chi connectivity index (χ4n) is 1.14. The summed E-state index contributed by atoms with van der Waals surface area (Å²) >= 11 is 0. The molecule has 0 saturated heterocycles. The molecule has 0 bridgehead atoms. The summed E-state index contributed by atoms with van der Waals surface area (Å²) in [5.41, 5.74) is 0.867. The first kappa shape index (κ1) is 10.2. The first-order valence-corrected chi connectivity index (χ1v) is 4.81. The molecule has 4 heteroatoms. The summed E-state index contributed by atoms with van der Waals surface area (Å²) in [4.78, 5) is 0. The lowest BCUT2D eigenvalue weighted by Crippen LogP contribution is -1.93. The van der Waals surface area contributed by atoms with E-state index in [0.29, 0.717) is 5.89 Å². The molecule has 0 unspecified atom stereocenters. The maximum Gasteiger partial charge on any atom is 0.415 e. The van der Waals surface area contributed by atoms with Crippen LogP contribution in [0.4, 0.5) is 0 Å². The van der Waals surface area contributed by atoms with Gasteiger partial charge in [0.2, 0.25) is 0 Å². The Morgan fingerprint density at radius 1 is 1.25 bits per heavy atom. The van der Waals surface area contributed by atoms with Crippen LogP contribution in [0.2, 0.25) is 0 Å². The summed E-state index contributed by atoms with van der Waals surface area (Å²) in [6.45, 7) is 2.00. The number of nitrogens with zero attached hydrogens (tertiary/aromatic N) is 2. The van der Waals surface area contributed by atoms with Crippen LogP contribution in [0.3, 0.4) is 0 Å². The van der Waals surface area contributed by atoms with Crippen molar-refractivity contribution in [1.82, 2.24) is 10.2 Å². The molecule has 16 heavy (non-hydrogen) atoms. The predicted molar refractivity (Wildman–Crippen MR) is 58.7 cm³/mol. The summed E-state index contributed by atoms with van der Waals surface area (Å²) in [5.74, 6) is 5.90. The van der Waals surface area contributed by atoms with E-state index in [4.69, 9.17) is 9.15 Å². The molecule has 0 amide bonds. The van der Waals surface area contributed by atoms with E-state index >= 15 is 0 Å². The summed E-state index contributed by atoms with van der Waals surface area (Å²) in [7, 11) is 0. The monoisotopic (exact) mass is 214 g/mol. The molecule has 0 fully saturated rings. The number of ether oxygens (including phenoxy) is 1. The second-order valence-corrected chi connectivity index (χ2v) is 2.95. The lowest BCUT2D eigenvalue weighted by atomic mass is 10.2. The third-order valence-electron chi connectivity index (χ3n) is 1.87. The van der Waals surface area contributed by atoms with Crippen molar-refractivity contribution in [1.29, 1.82) is 0 Å². The number of hydrogen-bond acceptors (Lipinski definition) is 4. The molecule has 0 aliphatic carbocycles.